The first-order chi connectivity index (χ1) is 34.3. The largest absolute Gasteiger partial charge is 0.507 e. The number of phenolic OH excluding ortho intramolecular Hbond substituents is 1. The molecule has 21 heteroatoms. The third-order valence-electron chi connectivity index (χ3n) is 9.72. The van der Waals surface area contributed by atoms with Gasteiger partial charge in [0.15, 0.2) is 4.91 Å². The van der Waals surface area contributed by atoms with Gasteiger partial charge in [0, 0.05) is 31.1 Å². The van der Waals surface area contributed by atoms with Crippen LogP contribution in [0.1, 0.15) is 60.4 Å². The fourth-order valence-electron chi connectivity index (χ4n) is 5.82. The maximum atomic E-state index is 13.2. The smallest absolute Gasteiger partial charge is 0.332 e. The monoisotopic (exact) mass is 1410 g/mol. The number of hydrogen-bond acceptors (Lipinski definition) is 12. The van der Waals surface area contributed by atoms with Crippen LogP contribution in [-0.2, 0) is 42.9 Å². The highest BCUT2D eigenvalue weighted by Crippen LogP contribution is 2.29. The second-order valence-corrected chi connectivity index (χ2v) is 24.3. The summed E-state index contributed by atoms with van der Waals surface area (Å²) in [4.78, 5) is 0.303. The first-order valence-corrected chi connectivity index (χ1v) is 29.8. The quantitative estimate of drug-likeness (QED) is 0.0360. The highest BCUT2D eigenvalue weighted by atomic mass is 127. The number of halogens is 6. The maximum absolute atomic E-state index is 13.2. The first kappa shape index (κ1) is 63.6. The molecular weight excluding hydrogens is 1350 g/mol. The summed E-state index contributed by atoms with van der Waals surface area (Å²) >= 11 is 6.01. The molecule has 0 bridgehead atoms. The van der Waals surface area contributed by atoms with Crippen molar-refractivity contribution >= 4 is 98.1 Å². The minimum absolute atomic E-state index is 0.0214. The van der Waals surface area contributed by atoms with E-state index in [-0.39, 0.29) is 64.1 Å². The molecule has 73 heavy (non-hydrogen) atoms. The third kappa shape index (κ3) is 22.2. The lowest BCUT2D eigenvalue weighted by Gasteiger charge is -2.13. The molecule has 12 nitrogen and oxygen atoms in total. The van der Waals surface area contributed by atoms with Crippen molar-refractivity contribution in [1.29, 1.82) is 0 Å². The van der Waals surface area contributed by atoms with Crippen LogP contribution in [0.25, 0.3) is 0 Å². The molecule has 1 aliphatic rings. The van der Waals surface area contributed by atoms with Crippen molar-refractivity contribution in [2.45, 2.75) is 77.0 Å². The maximum Gasteiger partial charge on any atom is 0.332 e. The molecule has 5 aromatic carbocycles. The van der Waals surface area contributed by atoms with Crippen molar-refractivity contribution < 1.29 is 65.6 Å². The Morgan fingerprint density at radius 3 is 1.30 bits per heavy atom. The topological polar surface area (TPSA) is 169 Å². The second-order valence-electron chi connectivity index (χ2n) is 16.0. The van der Waals surface area contributed by atoms with Crippen LogP contribution in [-0.4, -0.2) is 63.4 Å². The lowest BCUT2D eigenvalue weighted by molar-refractivity contribution is 0.243. The molecule has 0 saturated carbocycles. The predicted octanol–water partition coefficient (Wildman–Crippen LogP) is 13.2. The van der Waals surface area contributed by atoms with E-state index in [4.69, 9.17) is 27.1 Å². The molecule has 0 amide bonds. The Bertz CT molecular complexity index is 2910. The Labute approximate surface area is 469 Å². The van der Waals surface area contributed by atoms with Crippen LogP contribution in [0.3, 0.4) is 0 Å². The van der Waals surface area contributed by atoms with Crippen LogP contribution in [0.4, 0.5) is 13.2 Å². The summed E-state index contributed by atoms with van der Waals surface area (Å²) in [6.07, 6.45) is 8.39. The van der Waals surface area contributed by atoms with Crippen molar-refractivity contribution in [3.05, 3.63) is 183 Å². The van der Waals surface area contributed by atoms with Crippen molar-refractivity contribution in [2.75, 3.05) is 33.0 Å². The third-order valence-corrected chi connectivity index (χ3v) is 16.1. The Balaban J connectivity index is 0.000000270. The zero-order valence-electron chi connectivity index (χ0n) is 40.9. The van der Waals surface area contributed by atoms with Crippen LogP contribution >= 0.6 is 67.8 Å². The van der Waals surface area contributed by atoms with Gasteiger partial charge in [-0.25, -0.2) is 13.2 Å². The van der Waals surface area contributed by atoms with E-state index in [0.29, 0.717) is 45.8 Å². The fourth-order valence-corrected chi connectivity index (χ4v) is 11.1. The van der Waals surface area contributed by atoms with E-state index in [1.807, 2.05) is 57.2 Å². The van der Waals surface area contributed by atoms with Crippen molar-refractivity contribution in [3.63, 3.8) is 0 Å². The van der Waals surface area contributed by atoms with Crippen molar-refractivity contribution in [3.8, 4) is 17.2 Å². The number of benzene rings is 5. The average molecular weight is 1410 g/mol. The van der Waals surface area contributed by atoms with Gasteiger partial charge in [0.2, 0.25) is 0 Å². The van der Waals surface area contributed by atoms with Gasteiger partial charge < -0.3 is 14.6 Å². The second kappa shape index (κ2) is 30.8. The Morgan fingerprint density at radius 2 is 0.918 bits per heavy atom. The molecule has 0 atom stereocenters. The van der Waals surface area contributed by atoms with Crippen LogP contribution in [0.5, 0.6) is 17.2 Å². The fraction of sp³-hybridized carbons (Fsp3) is 0.288. The van der Waals surface area contributed by atoms with Crippen LogP contribution in [0.15, 0.2) is 130 Å². The number of phenols is 1. The van der Waals surface area contributed by atoms with Crippen LogP contribution in [0, 0.1) is 69.2 Å². The van der Waals surface area contributed by atoms with Gasteiger partial charge in [-0.15, -0.1) is 0 Å². The lowest BCUT2D eigenvalue weighted by Crippen LogP contribution is -2.13. The SMILES string of the molecule is C=C1C=CC(S(=O)(=O)OCCCOS(=O)(=O)c2ccc(C)cc2)=C[CH+]1.CCCCOS(=O)(=O)c1ccc(C)cc1.Cc1cc(F)cc(I)c1O.Cc1cc(F)cc(I)c1OCCCOc1c(C)cc(F)cc1I. The van der Waals surface area contributed by atoms with Crippen LogP contribution < -0.4 is 9.47 Å². The molecule has 1 aliphatic carbocycles. The van der Waals surface area contributed by atoms with Crippen LogP contribution in [0.2, 0.25) is 0 Å². The van der Waals surface area contributed by atoms with E-state index in [9.17, 15) is 38.4 Å². The number of unbranched alkanes of at least 4 members (excludes halogenated alkanes) is 1. The highest BCUT2D eigenvalue weighted by molar-refractivity contribution is 14.1. The van der Waals surface area contributed by atoms with Gasteiger partial charge in [0.05, 0.1) is 59.1 Å². The normalized spacial score (nSPS) is 12.2. The minimum Gasteiger partial charge on any atom is -0.507 e. The number of ether oxygens (including phenoxy) is 2. The van der Waals surface area contributed by atoms with E-state index in [1.54, 1.807) is 55.8 Å². The van der Waals surface area contributed by atoms with Gasteiger partial charge in [-0.2, -0.15) is 25.3 Å². The van der Waals surface area contributed by atoms with Crippen molar-refractivity contribution in [1.82, 2.24) is 0 Å². The molecule has 0 heterocycles. The molecular formula is C52H57F3I3O12S3+. The molecule has 0 aromatic heterocycles. The number of rotatable bonds is 19. The van der Waals surface area contributed by atoms with Crippen molar-refractivity contribution in [2.24, 2.45) is 0 Å². The predicted molar refractivity (Wildman–Crippen MR) is 303 cm³/mol. The lowest BCUT2D eigenvalue weighted by atomic mass is 10.1. The first-order valence-electron chi connectivity index (χ1n) is 22.3. The number of allylic oxidation sites excluding steroid dienone is 4. The summed E-state index contributed by atoms with van der Waals surface area (Å²) < 4.78 is 138. The van der Waals surface area contributed by atoms with Gasteiger partial charge in [-0.3, -0.25) is 12.5 Å². The summed E-state index contributed by atoms with van der Waals surface area (Å²) in [6.45, 7) is 15.6. The molecule has 0 aliphatic heterocycles. The molecule has 396 valence electrons. The van der Waals surface area contributed by atoms with E-state index < -0.39 is 30.4 Å². The summed E-state index contributed by atoms with van der Waals surface area (Å²) in [6, 6.07) is 21.3. The van der Waals surface area contributed by atoms with E-state index >= 15 is 0 Å². The average Bonchev–Trinajstić information content (AvgIpc) is 3.30. The summed E-state index contributed by atoms with van der Waals surface area (Å²) in [7, 11) is -11.3. The molecule has 0 saturated heterocycles. The standard InChI is InChI=1S/C17H16F2I2O2.C17H19O6S2.C11H16O3S.C7H6FIO/c1-10-6-12(18)8-14(20)16(10)22-4-3-5-23-17-11(2)7-13(19)9-15(17)21;1-14-4-8-16(9-5-14)24(18,19)22-12-3-13-23-25(20,21)17-10-6-15(2)7-11-17;1-3-4-9-14-15(12,13)11-7-5-10(2)6-8-11;1-4-2-5(8)3-6(9)7(4)10/h6-9H,3-5H2,1-2H3;4-11H,1,3,12-13H2,2H3;5-8H,3-4,9H2,1-2H3;2-3,10H,1H3/q;+1;;. The molecule has 5 aromatic rings. The minimum atomic E-state index is -3.88. The highest BCUT2D eigenvalue weighted by Gasteiger charge is 2.24. The van der Waals surface area contributed by atoms with Gasteiger partial charge in [0.25, 0.3) is 20.2 Å². The van der Waals surface area contributed by atoms with Gasteiger partial charge in [-0.05, 0) is 199 Å². The van der Waals surface area contributed by atoms with E-state index in [1.165, 1.54) is 60.7 Å². The number of aryl methyl sites for hydroxylation is 5. The zero-order valence-corrected chi connectivity index (χ0v) is 49.8. The molecule has 0 fully saturated rings. The summed E-state index contributed by atoms with van der Waals surface area (Å²) in [5.74, 6) is 0.758. The van der Waals surface area contributed by atoms with E-state index in [2.05, 4.69) is 51.8 Å². The van der Waals surface area contributed by atoms with Gasteiger partial charge in [-0.1, -0.05) is 48.7 Å². The number of aromatic hydroxyl groups is 1. The number of hydrogen-bond donors (Lipinski definition) is 1. The molecule has 0 unspecified atom stereocenters. The zero-order chi connectivity index (χ0) is 54.5. The Morgan fingerprint density at radius 1 is 0.534 bits per heavy atom. The molecule has 6 rings (SSSR count). The molecule has 1 N–H and O–H groups in total. The molecule has 0 radical (unpaired) electrons. The Hall–Kier alpha value is -3.70. The van der Waals surface area contributed by atoms with Gasteiger partial charge >= 0.3 is 10.1 Å². The van der Waals surface area contributed by atoms with Gasteiger partial charge in [0.1, 0.15) is 34.7 Å². The summed E-state index contributed by atoms with van der Waals surface area (Å²) in [5, 5.41) is 9.16. The molecule has 0 spiro atoms. The Kier molecular flexibility index (Phi) is 26.8. The van der Waals surface area contributed by atoms with E-state index in [0.717, 1.165) is 42.2 Å². The summed E-state index contributed by atoms with van der Waals surface area (Å²) in [5.41, 5.74) is 4.78.